The monoisotopic (exact) mass is 373 g/mol. The van der Waals surface area contributed by atoms with Crippen molar-refractivity contribution in [1.82, 2.24) is 5.32 Å². The van der Waals surface area contributed by atoms with Crippen LogP contribution in [0.4, 0.5) is 0 Å². The number of ether oxygens (including phenoxy) is 2. The zero-order valence-electron chi connectivity index (χ0n) is 14.7. The van der Waals surface area contributed by atoms with E-state index in [2.05, 4.69) is 23.5 Å². The Bertz CT molecular complexity index is 752. The zero-order valence-corrected chi connectivity index (χ0v) is 15.5. The molecule has 2 aromatic rings. The van der Waals surface area contributed by atoms with E-state index < -0.39 is 12.1 Å². The second-order valence-corrected chi connectivity index (χ2v) is 7.26. The van der Waals surface area contributed by atoms with Gasteiger partial charge in [-0.05, 0) is 42.0 Å². The Morgan fingerprint density at radius 3 is 3.00 bits per heavy atom. The van der Waals surface area contributed by atoms with Gasteiger partial charge in [0.2, 0.25) is 0 Å². The number of hydrogen-bond donors (Lipinski definition) is 2. The minimum absolute atomic E-state index is 0.154. The number of fused-ring (bicyclic) bond motifs is 1. The molecule has 0 radical (unpaired) electrons. The highest BCUT2D eigenvalue weighted by atomic mass is 32.2. The maximum atomic E-state index is 11.5. The van der Waals surface area contributed by atoms with Crippen LogP contribution < -0.4 is 10.1 Å². The number of hydrogen-bond acceptors (Lipinski definition) is 6. The number of rotatable bonds is 7. The smallest absolute Gasteiger partial charge is 0.337 e. The Labute approximate surface area is 157 Å². The van der Waals surface area contributed by atoms with E-state index in [-0.39, 0.29) is 12.6 Å². The van der Waals surface area contributed by atoms with E-state index in [0.717, 1.165) is 12.2 Å². The SMILES string of the molecule is COC(=O)c1cccc(OC[C@@H](O)CN[C@H]2CCSc3ccccc32)c1. The molecule has 2 N–H and O–H groups in total. The molecule has 0 saturated carbocycles. The fraction of sp³-hybridized carbons (Fsp3) is 0.350. The molecule has 0 amide bonds. The average Bonchev–Trinajstić information content (AvgIpc) is 2.70. The lowest BCUT2D eigenvalue weighted by molar-refractivity contribution is 0.0600. The molecule has 0 aliphatic carbocycles. The Balaban J connectivity index is 1.50. The number of carbonyl (C=O) groups excluding carboxylic acids is 1. The van der Waals surface area contributed by atoms with Crippen LogP contribution in [-0.2, 0) is 4.74 Å². The van der Waals surface area contributed by atoms with Crippen LogP contribution in [0.1, 0.15) is 28.4 Å². The van der Waals surface area contributed by atoms with Gasteiger partial charge in [-0.15, -0.1) is 11.8 Å². The fourth-order valence-electron chi connectivity index (χ4n) is 2.91. The Kier molecular flexibility index (Phi) is 6.55. The summed E-state index contributed by atoms with van der Waals surface area (Å²) in [4.78, 5) is 12.9. The molecule has 3 rings (SSSR count). The molecule has 1 heterocycles. The van der Waals surface area contributed by atoms with Crippen molar-refractivity contribution in [2.24, 2.45) is 0 Å². The summed E-state index contributed by atoms with van der Waals surface area (Å²) in [6, 6.07) is 15.4. The molecule has 2 atom stereocenters. The van der Waals surface area contributed by atoms with Crippen molar-refractivity contribution < 1.29 is 19.4 Å². The van der Waals surface area contributed by atoms with E-state index in [1.807, 2.05) is 17.8 Å². The number of carbonyl (C=O) groups is 1. The minimum atomic E-state index is -0.640. The molecule has 138 valence electrons. The number of thioether (sulfide) groups is 1. The van der Waals surface area contributed by atoms with E-state index in [9.17, 15) is 9.90 Å². The molecule has 5 nitrogen and oxygen atoms in total. The van der Waals surface area contributed by atoms with E-state index in [0.29, 0.717) is 17.9 Å². The highest BCUT2D eigenvalue weighted by Crippen LogP contribution is 2.35. The van der Waals surface area contributed by atoms with Crippen molar-refractivity contribution in [2.75, 3.05) is 26.0 Å². The van der Waals surface area contributed by atoms with Crippen LogP contribution in [0.2, 0.25) is 0 Å². The largest absolute Gasteiger partial charge is 0.491 e. The van der Waals surface area contributed by atoms with Crippen LogP contribution in [0.5, 0.6) is 5.75 Å². The molecule has 2 aromatic carbocycles. The van der Waals surface area contributed by atoms with Crippen LogP contribution in [-0.4, -0.2) is 43.2 Å². The molecule has 26 heavy (non-hydrogen) atoms. The summed E-state index contributed by atoms with van der Waals surface area (Å²) in [5.41, 5.74) is 1.72. The number of methoxy groups -OCH3 is 1. The van der Waals surface area contributed by atoms with Crippen molar-refractivity contribution in [1.29, 1.82) is 0 Å². The summed E-state index contributed by atoms with van der Waals surface area (Å²) in [6.45, 7) is 0.598. The van der Waals surface area contributed by atoms with Gasteiger partial charge in [-0.2, -0.15) is 0 Å². The normalized spacial score (nSPS) is 17.2. The van der Waals surface area contributed by atoms with E-state index in [1.54, 1.807) is 24.3 Å². The zero-order chi connectivity index (χ0) is 18.4. The highest BCUT2D eigenvalue weighted by molar-refractivity contribution is 7.99. The third-order valence-corrected chi connectivity index (χ3v) is 5.38. The summed E-state index contributed by atoms with van der Waals surface area (Å²) < 4.78 is 10.3. The van der Waals surface area contributed by atoms with Crippen molar-refractivity contribution in [3.63, 3.8) is 0 Å². The number of nitrogens with one attached hydrogen (secondary N) is 1. The molecule has 6 heteroatoms. The lowest BCUT2D eigenvalue weighted by Gasteiger charge is -2.27. The average molecular weight is 373 g/mol. The van der Waals surface area contributed by atoms with Gasteiger partial charge in [-0.25, -0.2) is 4.79 Å². The Hall–Kier alpha value is -2.02. The third-order valence-electron chi connectivity index (χ3n) is 4.26. The molecule has 0 aromatic heterocycles. The Morgan fingerprint density at radius 2 is 2.15 bits per heavy atom. The number of esters is 1. The van der Waals surface area contributed by atoms with Gasteiger partial charge in [-0.1, -0.05) is 24.3 Å². The lowest BCUT2D eigenvalue weighted by atomic mass is 10.0. The molecule has 0 bridgehead atoms. The van der Waals surface area contributed by atoms with Gasteiger partial charge in [0.15, 0.2) is 0 Å². The van der Waals surface area contributed by atoms with Crippen molar-refractivity contribution in [2.45, 2.75) is 23.5 Å². The van der Waals surface area contributed by atoms with E-state index >= 15 is 0 Å². The van der Waals surface area contributed by atoms with Crippen LogP contribution in [0.15, 0.2) is 53.4 Å². The van der Waals surface area contributed by atoms with Gasteiger partial charge in [0.1, 0.15) is 18.5 Å². The van der Waals surface area contributed by atoms with Gasteiger partial charge in [-0.3, -0.25) is 0 Å². The van der Waals surface area contributed by atoms with Crippen molar-refractivity contribution >= 4 is 17.7 Å². The molecule has 0 fully saturated rings. The highest BCUT2D eigenvalue weighted by Gasteiger charge is 2.20. The lowest BCUT2D eigenvalue weighted by Crippen LogP contribution is -2.35. The molecular formula is C20H23NO4S. The van der Waals surface area contributed by atoms with Gasteiger partial charge in [0, 0.05) is 17.5 Å². The van der Waals surface area contributed by atoms with Crippen LogP contribution >= 0.6 is 11.8 Å². The summed E-state index contributed by atoms with van der Waals surface area (Å²) in [7, 11) is 1.34. The predicted molar refractivity (Wildman–Crippen MR) is 102 cm³/mol. The minimum Gasteiger partial charge on any atom is -0.491 e. The standard InChI is InChI=1S/C20H23NO4S/c1-24-20(23)14-5-4-6-16(11-14)25-13-15(22)12-21-18-9-10-26-19-8-3-2-7-17(18)19/h2-8,11,15,18,21-22H,9-10,12-13H2,1H3/t15-,18-/m0/s1. The molecule has 0 spiro atoms. The van der Waals surface area contributed by atoms with Gasteiger partial charge >= 0.3 is 5.97 Å². The first-order chi connectivity index (χ1) is 12.7. The number of aliphatic hydroxyl groups is 1. The second kappa shape index (κ2) is 9.07. The van der Waals surface area contributed by atoms with Gasteiger partial charge in [0.05, 0.1) is 12.7 Å². The quantitative estimate of drug-likeness (QED) is 0.727. The molecule has 1 aliphatic heterocycles. The first-order valence-electron chi connectivity index (χ1n) is 8.61. The second-order valence-electron chi connectivity index (χ2n) is 6.12. The topological polar surface area (TPSA) is 67.8 Å². The van der Waals surface area contributed by atoms with Gasteiger partial charge in [0.25, 0.3) is 0 Å². The number of aliphatic hydroxyl groups excluding tert-OH is 1. The van der Waals surface area contributed by atoms with Crippen LogP contribution in [0, 0.1) is 0 Å². The first-order valence-corrected chi connectivity index (χ1v) is 9.60. The number of benzene rings is 2. The fourth-order valence-corrected chi connectivity index (χ4v) is 4.04. The van der Waals surface area contributed by atoms with Gasteiger partial charge < -0.3 is 19.9 Å². The Morgan fingerprint density at radius 1 is 1.31 bits per heavy atom. The first kappa shape index (κ1) is 18.8. The summed E-state index contributed by atoms with van der Waals surface area (Å²) >= 11 is 1.87. The van der Waals surface area contributed by atoms with Crippen molar-refractivity contribution in [3.8, 4) is 5.75 Å². The van der Waals surface area contributed by atoms with Crippen LogP contribution in [0.25, 0.3) is 0 Å². The third kappa shape index (κ3) is 4.78. The molecule has 1 aliphatic rings. The molecular weight excluding hydrogens is 350 g/mol. The maximum Gasteiger partial charge on any atom is 0.337 e. The van der Waals surface area contributed by atoms with E-state index in [1.165, 1.54) is 17.6 Å². The summed E-state index contributed by atoms with van der Waals surface area (Å²) in [5.74, 6) is 1.19. The van der Waals surface area contributed by atoms with E-state index in [4.69, 9.17) is 9.47 Å². The summed E-state index contributed by atoms with van der Waals surface area (Å²) in [5, 5.41) is 13.7. The summed E-state index contributed by atoms with van der Waals surface area (Å²) in [6.07, 6.45) is 0.398. The molecule has 0 saturated heterocycles. The van der Waals surface area contributed by atoms with Crippen molar-refractivity contribution in [3.05, 3.63) is 59.7 Å². The van der Waals surface area contributed by atoms with Crippen LogP contribution in [0.3, 0.4) is 0 Å². The predicted octanol–water partition coefficient (Wildman–Crippen LogP) is 3.04. The maximum absolute atomic E-state index is 11.5. The molecule has 0 unspecified atom stereocenters.